The monoisotopic (exact) mass is 213 g/mol. The predicted molar refractivity (Wildman–Crippen MR) is 57.4 cm³/mol. The van der Waals surface area contributed by atoms with Gasteiger partial charge in [-0.25, -0.2) is 0 Å². The number of hydrogen-bond acceptors (Lipinski definition) is 3. The number of carbonyl (C=O) groups is 2. The van der Waals surface area contributed by atoms with E-state index in [1.54, 1.807) is 16.8 Å². The molecule has 1 aliphatic rings. The summed E-state index contributed by atoms with van der Waals surface area (Å²) < 4.78 is 0. The Balaban J connectivity index is 2.37. The maximum Gasteiger partial charge on any atom is 0.232 e. The van der Waals surface area contributed by atoms with Crippen LogP contribution in [0, 0.1) is 0 Å². The van der Waals surface area contributed by atoms with Gasteiger partial charge < -0.3 is 15.1 Å². The molecule has 0 saturated carbocycles. The van der Waals surface area contributed by atoms with Crippen LogP contribution in [0.1, 0.15) is 13.3 Å². The first-order chi connectivity index (χ1) is 7.15. The molecule has 0 bridgehead atoms. The molecule has 0 spiro atoms. The Bertz CT molecular complexity index is 237. The van der Waals surface area contributed by atoms with Crippen molar-refractivity contribution in [3.05, 3.63) is 0 Å². The van der Waals surface area contributed by atoms with Crippen molar-refractivity contribution in [2.24, 2.45) is 0 Å². The summed E-state index contributed by atoms with van der Waals surface area (Å²) in [5.74, 6) is -0.150. The summed E-state index contributed by atoms with van der Waals surface area (Å²) in [6.07, 6.45) is 0.00431. The van der Waals surface area contributed by atoms with E-state index >= 15 is 0 Å². The second kappa shape index (κ2) is 5.70. The van der Waals surface area contributed by atoms with Crippen molar-refractivity contribution in [2.75, 3.05) is 39.8 Å². The maximum atomic E-state index is 11.7. The third kappa shape index (κ3) is 3.51. The van der Waals surface area contributed by atoms with Gasteiger partial charge in [0.05, 0.1) is 0 Å². The van der Waals surface area contributed by atoms with Crippen LogP contribution in [0.2, 0.25) is 0 Å². The lowest BCUT2D eigenvalue weighted by Crippen LogP contribution is -2.47. The summed E-state index contributed by atoms with van der Waals surface area (Å²) in [6.45, 7) is 5.61. The van der Waals surface area contributed by atoms with Crippen LogP contribution in [0.25, 0.3) is 0 Å². The van der Waals surface area contributed by atoms with E-state index in [2.05, 4.69) is 5.32 Å². The van der Waals surface area contributed by atoms with Crippen molar-refractivity contribution in [3.63, 3.8) is 0 Å². The molecule has 86 valence electrons. The topological polar surface area (TPSA) is 52.7 Å². The third-order valence-electron chi connectivity index (χ3n) is 2.67. The summed E-state index contributed by atoms with van der Waals surface area (Å²) in [5, 5.41) is 3.17. The minimum Gasteiger partial charge on any atom is -0.346 e. The summed E-state index contributed by atoms with van der Waals surface area (Å²) in [6, 6.07) is 0. The van der Waals surface area contributed by atoms with E-state index in [1.165, 1.54) is 0 Å². The Kier molecular flexibility index (Phi) is 4.55. The van der Waals surface area contributed by atoms with E-state index in [0.717, 1.165) is 13.1 Å². The SMILES string of the molecule is CCN(C)C(=O)CC(=O)N1CCNCC1. The van der Waals surface area contributed by atoms with Crippen LogP contribution in [0.4, 0.5) is 0 Å². The fraction of sp³-hybridized carbons (Fsp3) is 0.800. The molecule has 5 nitrogen and oxygen atoms in total. The molecule has 15 heavy (non-hydrogen) atoms. The highest BCUT2D eigenvalue weighted by molar-refractivity contribution is 5.96. The summed E-state index contributed by atoms with van der Waals surface area (Å²) in [7, 11) is 1.72. The number of hydrogen-bond donors (Lipinski definition) is 1. The highest BCUT2D eigenvalue weighted by atomic mass is 16.2. The number of rotatable bonds is 3. The number of nitrogens with one attached hydrogen (secondary N) is 1. The van der Waals surface area contributed by atoms with Crippen LogP contribution in [-0.4, -0.2) is 61.4 Å². The van der Waals surface area contributed by atoms with Gasteiger partial charge in [0, 0.05) is 39.8 Å². The molecule has 1 saturated heterocycles. The number of piperazine rings is 1. The van der Waals surface area contributed by atoms with Crippen molar-refractivity contribution < 1.29 is 9.59 Å². The lowest BCUT2D eigenvalue weighted by Gasteiger charge is -2.27. The Hall–Kier alpha value is -1.10. The molecular weight excluding hydrogens is 194 g/mol. The molecule has 1 heterocycles. The second-order valence-electron chi connectivity index (χ2n) is 3.72. The average Bonchev–Trinajstić information content (AvgIpc) is 2.29. The van der Waals surface area contributed by atoms with Gasteiger partial charge in [-0.2, -0.15) is 0 Å². The highest BCUT2D eigenvalue weighted by Gasteiger charge is 2.20. The molecule has 0 aromatic rings. The van der Waals surface area contributed by atoms with Crippen molar-refractivity contribution in [1.82, 2.24) is 15.1 Å². The second-order valence-corrected chi connectivity index (χ2v) is 3.72. The smallest absolute Gasteiger partial charge is 0.232 e. The molecule has 0 atom stereocenters. The van der Waals surface area contributed by atoms with Gasteiger partial charge in [0.25, 0.3) is 0 Å². The van der Waals surface area contributed by atoms with Crippen LogP contribution in [-0.2, 0) is 9.59 Å². The molecule has 1 aliphatic heterocycles. The van der Waals surface area contributed by atoms with E-state index in [4.69, 9.17) is 0 Å². The summed E-state index contributed by atoms with van der Waals surface area (Å²) in [4.78, 5) is 26.5. The van der Waals surface area contributed by atoms with Gasteiger partial charge in [0.15, 0.2) is 0 Å². The Morgan fingerprint density at radius 3 is 2.47 bits per heavy atom. The quantitative estimate of drug-likeness (QED) is 0.630. The molecule has 2 amide bonds. The van der Waals surface area contributed by atoms with Gasteiger partial charge in [-0.05, 0) is 6.92 Å². The fourth-order valence-electron chi connectivity index (χ4n) is 1.47. The lowest BCUT2D eigenvalue weighted by molar-refractivity contribution is -0.140. The molecule has 0 radical (unpaired) electrons. The van der Waals surface area contributed by atoms with Crippen LogP contribution in [0.15, 0.2) is 0 Å². The molecule has 0 aromatic carbocycles. The summed E-state index contributed by atoms with van der Waals surface area (Å²) >= 11 is 0. The van der Waals surface area contributed by atoms with Gasteiger partial charge in [-0.1, -0.05) is 0 Å². The van der Waals surface area contributed by atoms with Gasteiger partial charge >= 0.3 is 0 Å². The van der Waals surface area contributed by atoms with Gasteiger partial charge in [-0.15, -0.1) is 0 Å². The van der Waals surface area contributed by atoms with E-state index in [9.17, 15) is 9.59 Å². The molecule has 0 unspecified atom stereocenters. The van der Waals surface area contributed by atoms with Crippen molar-refractivity contribution in [3.8, 4) is 0 Å². The first-order valence-electron chi connectivity index (χ1n) is 5.37. The van der Waals surface area contributed by atoms with E-state index < -0.39 is 0 Å². The zero-order valence-corrected chi connectivity index (χ0v) is 9.45. The van der Waals surface area contributed by atoms with E-state index in [-0.39, 0.29) is 18.2 Å². The minimum absolute atomic E-state index is 0.00431. The zero-order chi connectivity index (χ0) is 11.3. The van der Waals surface area contributed by atoms with Gasteiger partial charge in [0.2, 0.25) is 11.8 Å². The Labute approximate surface area is 90.4 Å². The van der Waals surface area contributed by atoms with Crippen LogP contribution in [0.5, 0.6) is 0 Å². The molecular formula is C10H19N3O2. The standard InChI is InChI=1S/C10H19N3O2/c1-3-12(2)9(14)8-10(15)13-6-4-11-5-7-13/h11H,3-8H2,1-2H3. The summed E-state index contributed by atoms with van der Waals surface area (Å²) in [5.41, 5.74) is 0. The highest BCUT2D eigenvalue weighted by Crippen LogP contribution is 1.99. The molecule has 5 heteroatoms. The average molecular weight is 213 g/mol. The predicted octanol–water partition coefficient (Wildman–Crippen LogP) is -0.713. The number of nitrogens with zero attached hydrogens (tertiary/aromatic N) is 2. The number of carbonyl (C=O) groups excluding carboxylic acids is 2. The molecule has 1 fully saturated rings. The van der Waals surface area contributed by atoms with E-state index in [0.29, 0.717) is 19.6 Å². The normalized spacial score (nSPS) is 16.3. The molecule has 1 rings (SSSR count). The minimum atomic E-state index is -0.0963. The lowest BCUT2D eigenvalue weighted by atomic mass is 10.3. The first-order valence-corrected chi connectivity index (χ1v) is 5.37. The molecule has 0 aliphatic carbocycles. The van der Waals surface area contributed by atoms with Crippen LogP contribution >= 0.6 is 0 Å². The first kappa shape index (κ1) is 12.0. The maximum absolute atomic E-state index is 11.7. The van der Waals surface area contributed by atoms with Crippen LogP contribution < -0.4 is 5.32 Å². The Morgan fingerprint density at radius 1 is 1.33 bits per heavy atom. The zero-order valence-electron chi connectivity index (χ0n) is 9.45. The molecule has 0 aromatic heterocycles. The van der Waals surface area contributed by atoms with Crippen LogP contribution in [0.3, 0.4) is 0 Å². The Morgan fingerprint density at radius 2 is 1.93 bits per heavy atom. The van der Waals surface area contributed by atoms with Gasteiger partial charge in [0.1, 0.15) is 6.42 Å². The third-order valence-corrected chi connectivity index (χ3v) is 2.67. The van der Waals surface area contributed by atoms with Crippen molar-refractivity contribution in [1.29, 1.82) is 0 Å². The van der Waals surface area contributed by atoms with E-state index in [1.807, 2.05) is 6.92 Å². The van der Waals surface area contributed by atoms with Crippen molar-refractivity contribution >= 4 is 11.8 Å². The largest absolute Gasteiger partial charge is 0.346 e. The number of amides is 2. The fourth-order valence-corrected chi connectivity index (χ4v) is 1.47. The van der Waals surface area contributed by atoms with Gasteiger partial charge in [-0.3, -0.25) is 9.59 Å². The van der Waals surface area contributed by atoms with Crippen molar-refractivity contribution in [2.45, 2.75) is 13.3 Å². The molecule has 1 N–H and O–H groups in total.